The zero-order valence-corrected chi connectivity index (χ0v) is 18.2. The number of sulfonamides is 1. The Bertz CT molecular complexity index is 1010. The van der Waals surface area contributed by atoms with Gasteiger partial charge in [-0.25, -0.2) is 8.42 Å². The van der Waals surface area contributed by atoms with E-state index < -0.39 is 21.8 Å². The number of amides is 2. The molecule has 0 spiro atoms. The molecule has 0 aromatic heterocycles. The van der Waals surface area contributed by atoms with Gasteiger partial charge in [0, 0.05) is 25.3 Å². The molecule has 156 valence electrons. The summed E-state index contributed by atoms with van der Waals surface area (Å²) in [5.74, 6) is -0.876. The Kier molecular flexibility index (Phi) is 7.61. The molecule has 0 saturated heterocycles. The van der Waals surface area contributed by atoms with E-state index in [1.165, 1.54) is 56.4 Å². The SMILES string of the molecule is CON(C)S(=O)(=O)c1ccc(C(=O)N(C)CC(=O)Nc2ccc(Cl)c(Cl)c2)cc1. The first-order valence-electron chi connectivity index (χ1n) is 8.19. The van der Waals surface area contributed by atoms with Crippen molar-refractivity contribution in [2.45, 2.75) is 4.90 Å². The van der Waals surface area contributed by atoms with Crippen molar-refractivity contribution >= 4 is 50.7 Å². The van der Waals surface area contributed by atoms with Gasteiger partial charge >= 0.3 is 0 Å². The van der Waals surface area contributed by atoms with Crippen LogP contribution in [-0.2, 0) is 19.7 Å². The van der Waals surface area contributed by atoms with Crippen LogP contribution in [0.4, 0.5) is 5.69 Å². The maximum Gasteiger partial charge on any atom is 0.264 e. The van der Waals surface area contributed by atoms with Gasteiger partial charge in [0.05, 0.1) is 28.6 Å². The van der Waals surface area contributed by atoms with Gasteiger partial charge < -0.3 is 10.2 Å². The molecule has 0 fully saturated rings. The minimum atomic E-state index is -3.81. The summed E-state index contributed by atoms with van der Waals surface area (Å²) in [4.78, 5) is 30.6. The van der Waals surface area contributed by atoms with Crippen LogP contribution in [0.15, 0.2) is 47.4 Å². The van der Waals surface area contributed by atoms with Gasteiger partial charge in [0.25, 0.3) is 15.9 Å². The summed E-state index contributed by atoms with van der Waals surface area (Å²) < 4.78 is 25.1. The van der Waals surface area contributed by atoms with Gasteiger partial charge in [0.2, 0.25) is 5.91 Å². The molecule has 0 saturated carbocycles. The summed E-state index contributed by atoms with van der Waals surface area (Å²) in [5, 5.41) is 3.28. The molecule has 11 heteroatoms. The molecule has 2 aromatic carbocycles. The molecule has 2 rings (SSSR count). The van der Waals surface area contributed by atoms with Gasteiger partial charge in [-0.1, -0.05) is 27.7 Å². The minimum Gasteiger partial charge on any atom is -0.332 e. The topological polar surface area (TPSA) is 96.0 Å². The standard InChI is InChI=1S/C18H19Cl2N3O5S/c1-22(11-17(24)21-13-6-9-15(19)16(20)10-13)18(25)12-4-7-14(8-5-12)29(26,27)23(2)28-3/h4-10H,11H2,1-3H3,(H,21,24). The van der Waals surface area contributed by atoms with Crippen molar-refractivity contribution in [3.63, 3.8) is 0 Å². The lowest BCUT2D eigenvalue weighted by Crippen LogP contribution is -2.35. The van der Waals surface area contributed by atoms with Crippen molar-refractivity contribution in [1.29, 1.82) is 0 Å². The highest BCUT2D eigenvalue weighted by Crippen LogP contribution is 2.25. The number of likely N-dealkylation sites (N-methyl/N-ethyl adjacent to an activating group) is 1. The molecule has 29 heavy (non-hydrogen) atoms. The average molecular weight is 460 g/mol. The third-order valence-electron chi connectivity index (χ3n) is 3.93. The second-order valence-corrected chi connectivity index (χ2v) is 8.71. The van der Waals surface area contributed by atoms with Gasteiger partial charge in [-0.3, -0.25) is 14.4 Å². The van der Waals surface area contributed by atoms with Crippen molar-refractivity contribution < 1.29 is 22.8 Å². The molecular formula is C18H19Cl2N3O5S. The van der Waals surface area contributed by atoms with E-state index in [1.807, 2.05) is 0 Å². The molecule has 0 bridgehead atoms. The largest absolute Gasteiger partial charge is 0.332 e. The molecule has 2 aromatic rings. The number of carbonyl (C=O) groups excluding carboxylic acids is 2. The van der Waals surface area contributed by atoms with Crippen LogP contribution in [0.25, 0.3) is 0 Å². The summed E-state index contributed by atoms with van der Waals surface area (Å²) in [6, 6.07) is 9.95. The zero-order valence-electron chi connectivity index (χ0n) is 15.8. The van der Waals surface area contributed by atoms with Crippen LogP contribution in [0.2, 0.25) is 10.0 Å². The van der Waals surface area contributed by atoms with Gasteiger partial charge in [0.15, 0.2) is 0 Å². The molecule has 0 unspecified atom stereocenters. The fourth-order valence-corrected chi connectivity index (χ4v) is 3.57. The summed E-state index contributed by atoms with van der Waals surface area (Å²) in [6.45, 7) is -0.217. The maximum absolute atomic E-state index is 12.5. The van der Waals surface area contributed by atoms with E-state index in [-0.39, 0.29) is 17.0 Å². The van der Waals surface area contributed by atoms with Crippen LogP contribution in [0, 0.1) is 0 Å². The van der Waals surface area contributed by atoms with Crippen LogP contribution < -0.4 is 5.32 Å². The van der Waals surface area contributed by atoms with Crippen molar-refractivity contribution in [2.75, 3.05) is 33.1 Å². The number of benzene rings is 2. The zero-order chi connectivity index (χ0) is 21.8. The normalized spacial score (nSPS) is 11.4. The van der Waals surface area contributed by atoms with Crippen molar-refractivity contribution in [2.24, 2.45) is 0 Å². The third kappa shape index (κ3) is 5.68. The van der Waals surface area contributed by atoms with Gasteiger partial charge in [0.1, 0.15) is 0 Å². The highest BCUT2D eigenvalue weighted by molar-refractivity contribution is 7.89. The van der Waals surface area contributed by atoms with Gasteiger partial charge in [-0.15, -0.1) is 0 Å². The second kappa shape index (κ2) is 9.55. The van der Waals surface area contributed by atoms with Gasteiger partial charge in [-0.2, -0.15) is 0 Å². The highest BCUT2D eigenvalue weighted by atomic mass is 35.5. The number of anilines is 1. The van der Waals surface area contributed by atoms with Crippen LogP contribution in [0.5, 0.6) is 0 Å². The van der Waals surface area contributed by atoms with E-state index in [4.69, 9.17) is 28.0 Å². The van der Waals surface area contributed by atoms with E-state index in [2.05, 4.69) is 5.32 Å². The fourth-order valence-electron chi connectivity index (χ4n) is 2.30. The lowest BCUT2D eigenvalue weighted by atomic mass is 10.2. The number of nitrogens with zero attached hydrogens (tertiary/aromatic N) is 2. The fraction of sp³-hybridized carbons (Fsp3) is 0.222. The average Bonchev–Trinajstić information content (AvgIpc) is 2.69. The Balaban J connectivity index is 2.04. The van der Waals surface area contributed by atoms with Crippen LogP contribution in [0.1, 0.15) is 10.4 Å². The Morgan fingerprint density at radius 1 is 1.03 bits per heavy atom. The molecule has 0 atom stereocenters. The van der Waals surface area contributed by atoms with Crippen LogP contribution in [-0.4, -0.2) is 57.4 Å². The van der Waals surface area contributed by atoms with E-state index >= 15 is 0 Å². The molecule has 2 amide bonds. The lowest BCUT2D eigenvalue weighted by molar-refractivity contribution is -0.116. The molecule has 1 N–H and O–H groups in total. The smallest absolute Gasteiger partial charge is 0.264 e. The molecular weight excluding hydrogens is 441 g/mol. The van der Waals surface area contributed by atoms with Crippen LogP contribution in [0.3, 0.4) is 0 Å². The first-order chi connectivity index (χ1) is 13.6. The quantitative estimate of drug-likeness (QED) is 0.642. The third-order valence-corrected chi connectivity index (χ3v) is 6.36. The van der Waals surface area contributed by atoms with E-state index in [1.54, 1.807) is 12.1 Å². The monoisotopic (exact) mass is 459 g/mol. The lowest BCUT2D eigenvalue weighted by Gasteiger charge is -2.18. The minimum absolute atomic E-state index is 0.0292. The molecule has 0 aliphatic heterocycles. The predicted octanol–water partition coefficient (Wildman–Crippen LogP) is 2.89. The molecule has 0 heterocycles. The second-order valence-electron chi connectivity index (χ2n) is 5.96. The number of nitrogens with one attached hydrogen (secondary N) is 1. The molecule has 0 aliphatic carbocycles. The predicted molar refractivity (Wildman–Crippen MR) is 110 cm³/mol. The van der Waals surface area contributed by atoms with Crippen LogP contribution >= 0.6 is 23.2 Å². The Morgan fingerprint density at radius 2 is 1.66 bits per heavy atom. The summed E-state index contributed by atoms with van der Waals surface area (Å²) >= 11 is 11.7. The summed E-state index contributed by atoms with van der Waals surface area (Å²) in [6.07, 6.45) is 0. The van der Waals surface area contributed by atoms with Crippen molar-refractivity contribution in [1.82, 2.24) is 9.37 Å². The first kappa shape index (κ1) is 23.1. The Hall–Kier alpha value is -2.17. The maximum atomic E-state index is 12.5. The van der Waals surface area contributed by atoms with Gasteiger partial charge in [-0.05, 0) is 42.5 Å². The number of halogens is 2. The van der Waals surface area contributed by atoms with E-state index in [0.717, 1.165) is 0 Å². The molecule has 0 radical (unpaired) electrons. The first-order valence-corrected chi connectivity index (χ1v) is 10.4. The van der Waals surface area contributed by atoms with E-state index in [9.17, 15) is 18.0 Å². The summed E-state index contributed by atoms with van der Waals surface area (Å²) in [5.41, 5.74) is 0.677. The molecule has 8 nitrogen and oxygen atoms in total. The summed E-state index contributed by atoms with van der Waals surface area (Å²) in [7, 11) is 0.137. The van der Waals surface area contributed by atoms with Crippen molar-refractivity contribution in [3.05, 3.63) is 58.1 Å². The Labute approximate surface area is 179 Å². The van der Waals surface area contributed by atoms with E-state index in [0.29, 0.717) is 20.2 Å². The molecule has 0 aliphatic rings. The number of carbonyl (C=O) groups is 2. The number of hydrogen-bond donors (Lipinski definition) is 1. The highest BCUT2D eigenvalue weighted by Gasteiger charge is 2.22. The number of hydroxylamine groups is 1. The van der Waals surface area contributed by atoms with Crippen molar-refractivity contribution in [3.8, 4) is 0 Å². The number of hydrogen-bond acceptors (Lipinski definition) is 5. The number of rotatable bonds is 7. The Morgan fingerprint density at radius 3 is 2.21 bits per heavy atom.